The molecule has 0 aliphatic carbocycles. The first-order valence-corrected chi connectivity index (χ1v) is 11.1. The van der Waals surface area contributed by atoms with E-state index in [1.807, 2.05) is 35.2 Å². The van der Waals surface area contributed by atoms with Gasteiger partial charge in [0.2, 0.25) is 11.8 Å². The number of hydrogen-bond donors (Lipinski definition) is 0. The van der Waals surface area contributed by atoms with Gasteiger partial charge in [0.05, 0.1) is 12.3 Å². The lowest BCUT2D eigenvalue weighted by Gasteiger charge is -2.35. The number of benzene rings is 2. The average molecular weight is 419 g/mol. The van der Waals surface area contributed by atoms with Crippen LogP contribution in [0.2, 0.25) is 0 Å². The van der Waals surface area contributed by atoms with Crippen molar-refractivity contribution in [1.82, 2.24) is 14.8 Å². The zero-order valence-electron chi connectivity index (χ0n) is 18.2. The molecule has 2 heterocycles. The van der Waals surface area contributed by atoms with Crippen LogP contribution in [0, 0.1) is 6.92 Å². The minimum Gasteiger partial charge on any atom is -0.340 e. The van der Waals surface area contributed by atoms with E-state index in [-0.39, 0.29) is 24.7 Å². The van der Waals surface area contributed by atoms with Crippen LogP contribution in [0.3, 0.4) is 0 Å². The van der Waals surface area contributed by atoms with Crippen molar-refractivity contribution in [1.29, 1.82) is 0 Å². The van der Waals surface area contributed by atoms with Gasteiger partial charge < -0.3 is 4.90 Å². The van der Waals surface area contributed by atoms with E-state index in [9.17, 15) is 9.59 Å². The molecule has 0 aromatic heterocycles. The molecule has 0 spiro atoms. The zero-order valence-corrected chi connectivity index (χ0v) is 18.2. The van der Waals surface area contributed by atoms with E-state index in [2.05, 4.69) is 41.2 Å². The van der Waals surface area contributed by atoms with Crippen molar-refractivity contribution >= 4 is 17.5 Å². The van der Waals surface area contributed by atoms with Gasteiger partial charge in [-0.3, -0.25) is 14.5 Å². The standard InChI is InChI=1S/C25H30N4O2/c1-20-6-5-7-21(18-20)19-27-14-16-28(17-15-27)24(30)10-11-25(31)29-13-12-23(26-29)22-8-3-2-4-9-22/h2-9,18H,10-17,19H2,1H3. The summed E-state index contributed by atoms with van der Waals surface area (Å²) in [5.74, 6) is -0.00706. The topological polar surface area (TPSA) is 56.2 Å². The van der Waals surface area contributed by atoms with E-state index < -0.39 is 0 Å². The molecular weight excluding hydrogens is 388 g/mol. The third-order valence-corrected chi connectivity index (χ3v) is 5.96. The van der Waals surface area contributed by atoms with E-state index in [0.717, 1.165) is 50.4 Å². The van der Waals surface area contributed by atoms with E-state index in [1.54, 1.807) is 0 Å². The Morgan fingerprint density at radius 1 is 0.871 bits per heavy atom. The van der Waals surface area contributed by atoms with Crippen molar-refractivity contribution in [2.24, 2.45) is 5.10 Å². The van der Waals surface area contributed by atoms with Gasteiger partial charge in [0.15, 0.2) is 0 Å². The minimum absolute atomic E-state index is 0.0648. The zero-order chi connectivity index (χ0) is 21.6. The lowest BCUT2D eigenvalue weighted by molar-refractivity contribution is -0.137. The van der Waals surface area contributed by atoms with Crippen LogP contribution >= 0.6 is 0 Å². The predicted octanol–water partition coefficient (Wildman–Crippen LogP) is 3.06. The monoisotopic (exact) mass is 418 g/mol. The molecule has 1 saturated heterocycles. The van der Waals surface area contributed by atoms with Gasteiger partial charge in [-0.25, -0.2) is 5.01 Å². The molecule has 162 valence electrons. The fourth-order valence-corrected chi connectivity index (χ4v) is 4.20. The molecule has 2 aliphatic rings. The van der Waals surface area contributed by atoms with Gasteiger partial charge in [0, 0.05) is 52.0 Å². The van der Waals surface area contributed by atoms with Gasteiger partial charge in [0.1, 0.15) is 0 Å². The highest BCUT2D eigenvalue weighted by atomic mass is 16.2. The predicted molar refractivity (Wildman–Crippen MR) is 122 cm³/mol. The van der Waals surface area contributed by atoms with E-state index in [0.29, 0.717) is 6.54 Å². The van der Waals surface area contributed by atoms with Gasteiger partial charge in [-0.15, -0.1) is 0 Å². The first kappa shape index (κ1) is 21.2. The maximum atomic E-state index is 12.6. The van der Waals surface area contributed by atoms with Crippen molar-refractivity contribution in [3.05, 3.63) is 71.3 Å². The van der Waals surface area contributed by atoms with Crippen molar-refractivity contribution < 1.29 is 9.59 Å². The number of aryl methyl sites for hydroxylation is 1. The van der Waals surface area contributed by atoms with Gasteiger partial charge >= 0.3 is 0 Å². The van der Waals surface area contributed by atoms with Crippen LogP contribution < -0.4 is 0 Å². The molecule has 1 fully saturated rings. The molecule has 6 nitrogen and oxygen atoms in total. The summed E-state index contributed by atoms with van der Waals surface area (Å²) in [7, 11) is 0. The molecule has 0 unspecified atom stereocenters. The fraction of sp³-hybridized carbons (Fsp3) is 0.400. The third kappa shape index (κ3) is 5.58. The molecule has 4 rings (SSSR count). The lowest BCUT2D eigenvalue weighted by atomic mass is 10.1. The molecule has 0 atom stereocenters. The molecule has 0 bridgehead atoms. The highest BCUT2D eigenvalue weighted by Crippen LogP contribution is 2.16. The van der Waals surface area contributed by atoms with Crippen molar-refractivity contribution in [3.8, 4) is 0 Å². The molecule has 31 heavy (non-hydrogen) atoms. The molecule has 0 saturated carbocycles. The molecule has 2 amide bonds. The van der Waals surface area contributed by atoms with E-state index in [1.165, 1.54) is 16.1 Å². The molecule has 2 aromatic rings. The second-order valence-corrected chi connectivity index (χ2v) is 8.33. The van der Waals surface area contributed by atoms with Crippen LogP contribution in [-0.4, -0.2) is 65.1 Å². The minimum atomic E-state index is -0.0719. The Hall–Kier alpha value is -2.99. The number of rotatable bonds is 6. The van der Waals surface area contributed by atoms with E-state index >= 15 is 0 Å². The Labute approximate surface area is 184 Å². The Kier molecular flexibility index (Phi) is 6.77. The lowest BCUT2D eigenvalue weighted by Crippen LogP contribution is -2.48. The first-order chi connectivity index (χ1) is 15.1. The third-order valence-electron chi connectivity index (χ3n) is 5.96. The van der Waals surface area contributed by atoms with Crippen LogP contribution in [0.15, 0.2) is 59.7 Å². The summed E-state index contributed by atoms with van der Waals surface area (Å²) in [6.45, 7) is 6.79. The Morgan fingerprint density at radius 2 is 1.61 bits per heavy atom. The molecule has 2 aliphatic heterocycles. The number of piperazine rings is 1. The summed E-state index contributed by atoms with van der Waals surface area (Å²) in [6, 6.07) is 18.5. The number of hydrogen-bond acceptors (Lipinski definition) is 4. The maximum absolute atomic E-state index is 12.6. The van der Waals surface area contributed by atoms with Crippen molar-refractivity contribution in [2.75, 3.05) is 32.7 Å². The van der Waals surface area contributed by atoms with Crippen LogP contribution in [0.25, 0.3) is 0 Å². The normalized spacial score (nSPS) is 17.0. The highest BCUT2D eigenvalue weighted by Gasteiger charge is 2.25. The summed E-state index contributed by atoms with van der Waals surface area (Å²) in [5, 5.41) is 6.00. The molecule has 6 heteroatoms. The Morgan fingerprint density at radius 3 is 2.35 bits per heavy atom. The largest absolute Gasteiger partial charge is 0.340 e. The second kappa shape index (κ2) is 9.88. The summed E-state index contributed by atoms with van der Waals surface area (Å²) < 4.78 is 0. The van der Waals surface area contributed by atoms with Gasteiger partial charge in [0.25, 0.3) is 0 Å². The molecule has 2 aromatic carbocycles. The molecule has 0 radical (unpaired) electrons. The SMILES string of the molecule is Cc1cccc(CN2CCN(C(=O)CCC(=O)N3CCC(c4ccccc4)=N3)CC2)c1. The summed E-state index contributed by atoms with van der Waals surface area (Å²) in [4.78, 5) is 29.4. The quantitative estimate of drug-likeness (QED) is 0.725. The first-order valence-electron chi connectivity index (χ1n) is 11.1. The van der Waals surface area contributed by atoms with Gasteiger partial charge in [-0.2, -0.15) is 5.10 Å². The smallest absolute Gasteiger partial charge is 0.243 e. The highest BCUT2D eigenvalue weighted by molar-refractivity contribution is 6.02. The number of carbonyl (C=O) groups excluding carboxylic acids is 2. The second-order valence-electron chi connectivity index (χ2n) is 8.33. The van der Waals surface area contributed by atoms with Crippen LogP contribution in [-0.2, 0) is 16.1 Å². The number of carbonyl (C=O) groups is 2. The van der Waals surface area contributed by atoms with Crippen molar-refractivity contribution in [2.45, 2.75) is 32.7 Å². The van der Waals surface area contributed by atoms with Crippen molar-refractivity contribution in [3.63, 3.8) is 0 Å². The van der Waals surface area contributed by atoms with Crippen LogP contribution in [0.5, 0.6) is 0 Å². The maximum Gasteiger partial charge on any atom is 0.243 e. The fourth-order valence-electron chi connectivity index (χ4n) is 4.20. The van der Waals surface area contributed by atoms with Crippen LogP contribution in [0.1, 0.15) is 36.0 Å². The summed E-state index contributed by atoms with van der Waals surface area (Å²) >= 11 is 0. The average Bonchev–Trinajstić information content (AvgIpc) is 3.29. The number of amides is 2. The Balaban J connectivity index is 1.21. The Bertz CT molecular complexity index is 949. The molecule has 0 N–H and O–H groups in total. The van der Waals surface area contributed by atoms with E-state index in [4.69, 9.17) is 0 Å². The molecular formula is C25H30N4O2. The number of hydrazone groups is 1. The van der Waals surface area contributed by atoms with Gasteiger partial charge in [-0.05, 0) is 18.1 Å². The summed E-state index contributed by atoms with van der Waals surface area (Å²) in [6.07, 6.45) is 1.23. The number of nitrogens with zero attached hydrogens (tertiary/aromatic N) is 4. The van der Waals surface area contributed by atoms with Crippen LogP contribution in [0.4, 0.5) is 0 Å². The summed E-state index contributed by atoms with van der Waals surface area (Å²) in [5.41, 5.74) is 4.57. The van der Waals surface area contributed by atoms with Gasteiger partial charge in [-0.1, -0.05) is 60.2 Å².